The lowest BCUT2D eigenvalue weighted by Crippen LogP contribution is -2.54. The summed E-state index contributed by atoms with van der Waals surface area (Å²) >= 11 is 0. The largest absolute Gasteiger partial charge is 0.389 e. The molecule has 0 spiro atoms. The third-order valence-electron chi connectivity index (χ3n) is 6.34. The first kappa shape index (κ1) is 7.28. The smallest absolute Gasteiger partial charge is 0.0706 e. The van der Waals surface area contributed by atoms with Crippen LogP contribution in [-0.4, -0.2) is 10.7 Å². The highest BCUT2D eigenvalue weighted by atomic mass is 16.3. The molecule has 0 aliphatic heterocycles. The van der Waals surface area contributed by atoms with Gasteiger partial charge in [0.1, 0.15) is 0 Å². The van der Waals surface area contributed by atoms with E-state index in [4.69, 9.17) is 0 Å². The Morgan fingerprint density at radius 1 is 1.00 bits per heavy atom. The van der Waals surface area contributed by atoms with Crippen molar-refractivity contribution in [3.63, 3.8) is 0 Å². The average molecular weight is 178 g/mol. The van der Waals surface area contributed by atoms with Crippen LogP contribution in [0.4, 0.5) is 0 Å². The van der Waals surface area contributed by atoms with Crippen LogP contribution in [0, 0.1) is 35.0 Å². The second-order valence-electron chi connectivity index (χ2n) is 6.41. The zero-order chi connectivity index (χ0) is 9.01. The molecule has 0 aromatic heterocycles. The van der Waals surface area contributed by atoms with E-state index in [-0.39, 0.29) is 5.60 Å². The lowest BCUT2D eigenvalue weighted by Gasteiger charge is -2.53. The molecule has 1 N–H and O–H groups in total. The molecule has 5 rings (SSSR count). The molecule has 13 heavy (non-hydrogen) atoms. The molecule has 5 fully saturated rings. The van der Waals surface area contributed by atoms with Gasteiger partial charge < -0.3 is 5.11 Å². The van der Waals surface area contributed by atoms with Gasteiger partial charge in [0.2, 0.25) is 0 Å². The van der Waals surface area contributed by atoms with E-state index in [1.165, 1.54) is 19.3 Å². The first-order chi connectivity index (χ1) is 6.07. The van der Waals surface area contributed by atoms with Gasteiger partial charge in [0, 0.05) is 5.41 Å². The Bertz CT molecular complexity index is 275. The van der Waals surface area contributed by atoms with E-state index in [0.29, 0.717) is 11.3 Å². The minimum Gasteiger partial charge on any atom is -0.389 e. The summed E-state index contributed by atoms with van der Waals surface area (Å²) in [6.07, 6.45) is 4.16. The quantitative estimate of drug-likeness (QED) is 0.602. The van der Waals surface area contributed by atoms with Crippen molar-refractivity contribution in [2.24, 2.45) is 35.0 Å². The van der Waals surface area contributed by atoms with Gasteiger partial charge in [-0.05, 0) is 55.8 Å². The third-order valence-corrected chi connectivity index (χ3v) is 6.34. The normalized spacial score (nSPS) is 77.3. The van der Waals surface area contributed by atoms with Crippen molar-refractivity contribution in [1.29, 1.82) is 0 Å². The van der Waals surface area contributed by atoms with Crippen molar-refractivity contribution in [1.82, 2.24) is 0 Å². The molecule has 5 saturated carbocycles. The summed E-state index contributed by atoms with van der Waals surface area (Å²) in [6, 6.07) is 0. The Kier molecular flexibility index (Phi) is 0.896. The molecule has 5 aliphatic rings. The van der Waals surface area contributed by atoms with E-state index in [1.54, 1.807) is 0 Å². The zero-order valence-electron chi connectivity index (χ0n) is 8.46. The average Bonchev–Trinajstić information content (AvgIpc) is 2.63. The predicted molar refractivity (Wildman–Crippen MR) is 50.0 cm³/mol. The summed E-state index contributed by atoms with van der Waals surface area (Å²) < 4.78 is 0. The summed E-state index contributed by atoms with van der Waals surface area (Å²) in [4.78, 5) is 0. The predicted octanol–water partition coefficient (Wildman–Crippen LogP) is 2.05. The lowest BCUT2D eigenvalue weighted by molar-refractivity contribution is -0.144. The van der Waals surface area contributed by atoms with Crippen LogP contribution in [-0.2, 0) is 0 Å². The third kappa shape index (κ3) is 0.495. The maximum Gasteiger partial charge on any atom is 0.0706 e. The van der Waals surface area contributed by atoms with Gasteiger partial charge in [0.15, 0.2) is 0 Å². The van der Waals surface area contributed by atoms with Crippen molar-refractivity contribution < 1.29 is 5.11 Å². The van der Waals surface area contributed by atoms with Crippen LogP contribution in [0.25, 0.3) is 0 Å². The van der Waals surface area contributed by atoms with Crippen LogP contribution < -0.4 is 0 Å². The Morgan fingerprint density at radius 2 is 1.54 bits per heavy atom. The molecular weight excluding hydrogens is 160 g/mol. The Balaban J connectivity index is 1.91. The molecule has 5 atom stereocenters. The van der Waals surface area contributed by atoms with Gasteiger partial charge in [-0.25, -0.2) is 0 Å². The fourth-order valence-electron chi connectivity index (χ4n) is 5.71. The molecule has 5 aliphatic carbocycles. The number of hydrogen-bond donors (Lipinski definition) is 1. The molecule has 0 saturated heterocycles. The number of rotatable bonds is 0. The van der Waals surface area contributed by atoms with Crippen LogP contribution >= 0.6 is 0 Å². The monoisotopic (exact) mass is 178 g/mol. The molecule has 0 aromatic rings. The minimum absolute atomic E-state index is 0.324. The van der Waals surface area contributed by atoms with E-state index in [2.05, 4.69) is 13.8 Å². The van der Waals surface area contributed by atoms with Crippen LogP contribution in [0.1, 0.15) is 33.1 Å². The van der Waals surface area contributed by atoms with Gasteiger partial charge >= 0.3 is 0 Å². The topological polar surface area (TPSA) is 20.2 Å². The van der Waals surface area contributed by atoms with Crippen LogP contribution in [0.5, 0.6) is 0 Å². The SMILES string of the molecule is CC1(O)C2CC3CC(C2)C2C3C21C. The van der Waals surface area contributed by atoms with E-state index in [9.17, 15) is 5.11 Å². The van der Waals surface area contributed by atoms with Crippen LogP contribution in [0.3, 0.4) is 0 Å². The van der Waals surface area contributed by atoms with Crippen molar-refractivity contribution in [2.75, 3.05) is 0 Å². The molecular formula is C12H18O. The van der Waals surface area contributed by atoms with Gasteiger partial charge in [0.05, 0.1) is 5.60 Å². The highest BCUT2D eigenvalue weighted by Gasteiger charge is 2.82. The second-order valence-corrected chi connectivity index (χ2v) is 6.41. The standard InChI is InChI=1S/C12H18O/c1-11-9-6-3-7(10(9)11)5-8(4-6)12(11,2)13/h6-10,13H,3-5H2,1-2H3. The fraction of sp³-hybridized carbons (Fsp3) is 1.00. The second kappa shape index (κ2) is 1.60. The molecule has 0 aromatic carbocycles. The van der Waals surface area contributed by atoms with Crippen molar-refractivity contribution in [2.45, 2.75) is 38.7 Å². The first-order valence-corrected chi connectivity index (χ1v) is 5.79. The summed E-state index contributed by atoms with van der Waals surface area (Å²) in [5, 5.41) is 10.6. The summed E-state index contributed by atoms with van der Waals surface area (Å²) in [6.45, 7) is 4.47. The van der Waals surface area contributed by atoms with Crippen molar-refractivity contribution in [3.8, 4) is 0 Å². The van der Waals surface area contributed by atoms with Gasteiger partial charge in [-0.3, -0.25) is 0 Å². The van der Waals surface area contributed by atoms with Gasteiger partial charge in [0.25, 0.3) is 0 Å². The van der Waals surface area contributed by atoms with Gasteiger partial charge in [-0.1, -0.05) is 6.92 Å². The summed E-state index contributed by atoms with van der Waals surface area (Å²) in [7, 11) is 0. The zero-order valence-corrected chi connectivity index (χ0v) is 8.46. The molecule has 1 heteroatoms. The van der Waals surface area contributed by atoms with E-state index in [1.807, 2.05) is 0 Å². The van der Waals surface area contributed by atoms with Crippen LogP contribution in [0.2, 0.25) is 0 Å². The van der Waals surface area contributed by atoms with Crippen LogP contribution in [0.15, 0.2) is 0 Å². The van der Waals surface area contributed by atoms with Crippen molar-refractivity contribution in [3.05, 3.63) is 0 Å². The fourth-order valence-corrected chi connectivity index (χ4v) is 5.71. The van der Waals surface area contributed by atoms with Crippen molar-refractivity contribution >= 4 is 0 Å². The Labute approximate surface area is 79.5 Å². The number of aliphatic hydroxyl groups is 1. The Morgan fingerprint density at radius 3 is 2.08 bits per heavy atom. The first-order valence-electron chi connectivity index (χ1n) is 5.79. The molecule has 5 unspecified atom stereocenters. The highest BCUT2D eigenvalue weighted by Crippen LogP contribution is 2.84. The van der Waals surface area contributed by atoms with E-state index < -0.39 is 0 Å². The van der Waals surface area contributed by atoms with Gasteiger partial charge in [-0.2, -0.15) is 0 Å². The molecule has 0 radical (unpaired) electrons. The maximum atomic E-state index is 10.6. The minimum atomic E-state index is -0.324. The van der Waals surface area contributed by atoms with E-state index >= 15 is 0 Å². The van der Waals surface area contributed by atoms with Gasteiger partial charge in [-0.15, -0.1) is 0 Å². The highest BCUT2D eigenvalue weighted by molar-refractivity contribution is 5.30. The maximum absolute atomic E-state index is 10.6. The Hall–Kier alpha value is -0.0400. The summed E-state index contributed by atoms with van der Waals surface area (Å²) in [5.74, 6) is 4.45. The molecule has 72 valence electrons. The molecule has 0 amide bonds. The summed E-state index contributed by atoms with van der Waals surface area (Å²) in [5.41, 5.74) is 0.0114. The lowest BCUT2D eigenvalue weighted by atomic mass is 9.55. The molecule has 0 heterocycles. The number of hydrogen-bond acceptors (Lipinski definition) is 1. The molecule has 1 nitrogen and oxygen atoms in total. The molecule has 4 bridgehead atoms. The van der Waals surface area contributed by atoms with E-state index in [0.717, 1.165) is 23.7 Å².